The maximum atomic E-state index is 10.00. The summed E-state index contributed by atoms with van der Waals surface area (Å²) in [6.07, 6.45) is 0.929. The minimum Gasteiger partial charge on any atom is -0.302 e. The van der Waals surface area contributed by atoms with Gasteiger partial charge >= 0.3 is 0 Å². The van der Waals surface area contributed by atoms with Crippen molar-refractivity contribution in [3.05, 3.63) is 34.3 Å². The van der Waals surface area contributed by atoms with Gasteiger partial charge in [-0.2, -0.15) is 5.26 Å². The van der Waals surface area contributed by atoms with Crippen LogP contribution in [0.15, 0.2) is 18.2 Å². The van der Waals surface area contributed by atoms with Crippen molar-refractivity contribution in [3.63, 3.8) is 0 Å². The summed E-state index contributed by atoms with van der Waals surface area (Å²) in [6.45, 7) is 0. The molecule has 0 aliphatic heterocycles. The fourth-order valence-corrected chi connectivity index (χ4v) is 1.04. The maximum Gasteiger partial charge on any atom is 0.131 e. The van der Waals surface area contributed by atoms with E-state index in [2.05, 4.69) is 11.8 Å². The second kappa shape index (κ2) is 5.07. The van der Waals surface area contributed by atoms with E-state index in [0.29, 0.717) is 16.1 Å². The summed E-state index contributed by atoms with van der Waals surface area (Å²) in [5, 5.41) is 9.09. The molecule has 0 heterocycles. The predicted molar refractivity (Wildman–Crippen MR) is 53.7 cm³/mol. The first-order valence-corrected chi connectivity index (χ1v) is 4.28. The monoisotopic (exact) mass is 203 g/mol. The van der Waals surface area contributed by atoms with Gasteiger partial charge in [0.05, 0.1) is 17.0 Å². The first-order valence-electron chi connectivity index (χ1n) is 3.90. The van der Waals surface area contributed by atoms with Crippen molar-refractivity contribution in [3.8, 4) is 17.9 Å². The molecule has 0 saturated heterocycles. The molecule has 0 aromatic heterocycles. The summed E-state index contributed by atoms with van der Waals surface area (Å²) in [4.78, 5) is 10.00. The molecule has 0 fully saturated rings. The number of carbonyl (C=O) groups is 1. The lowest BCUT2D eigenvalue weighted by molar-refractivity contribution is -0.107. The number of rotatable bonds is 1. The van der Waals surface area contributed by atoms with E-state index in [9.17, 15) is 4.79 Å². The average molecular weight is 204 g/mol. The molecule has 0 unspecified atom stereocenters. The minimum absolute atomic E-state index is 0.199. The third-order valence-electron chi connectivity index (χ3n) is 1.50. The Kier molecular flexibility index (Phi) is 3.73. The molecule has 0 bridgehead atoms. The zero-order valence-electron chi connectivity index (χ0n) is 7.25. The van der Waals surface area contributed by atoms with Crippen LogP contribution in [0, 0.1) is 23.2 Å². The lowest BCUT2D eigenvalue weighted by atomic mass is 10.1. The van der Waals surface area contributed by atoms with Gasteiger partial charge in [-0.3, -0.25) is 0 Å². The summed E-state index contributed by atoms with van der Waals surface area (Å²) in [6, 6.07) is 6.88. The van der Waals surface area contributed by atoms with E-state index in [1.165, 1.54) is 0 Å². The van der Waals surface area contributed by atoms with Crippen molar-refractivity contribution < 1.29 is 4.79 Å². The van der Waals surface area contributed by atoms with Crippen LogP contribution in [0.3, 0.4) is 0 Å². The number of aldehydes is 1. The predicted octanol–water partition coefficient (Wildman–Crippen LogP) is 2.15. The fourth-order valence-electron chi connectivity index (χ4n) is 0.883. The van der Waals surface area contributed by atoms with Gasteiger partial charge in [0.2, 0.25) is 0 Å². The lowest BCUT2D eigenvalue weighted by Crippen LogP contribution is -1.80. The molecule has 0 radical (unpaired) electrons. The van der Waals surface area contributed by atoms with Crippen molar-refractivity contribution in [2.24, 2.45) is 0 Å². The fraction of sp³-hybridized carbons (Fsp3) is 0.0909. The Balaban J connectivity index is 2.98. The molecule has 0 N–H and O–H groups in total. The molecule has 14 heavy (non-hydrogen) atoms. The number of halogens is 1. The van der Waals surface area contributed by atoms with Crippen LogP contribution in [0.1, 0.15) is 17.5 Å². The quantitative estimate of drug-likeness (QED) is 0.518. The van der Waals surface area contributed by atoms with Crippen LogP contribution >= 0.6 is 11.6 Å². The van der Waals surface area contributed by atoms with Crippen LogP contribution in [0.25, 0.3) is 0 Å². The zero-order chi connectivity index (χ0) is 10.4. The minimum atomic E-state index is 0.199. The molecule has 1 aromatic rings. The average Bonchev–Trinajstić information content (AvgIpc) is 2.21. The topological polar surface area (TPSA) is 40.9 Å². The van der Waals surface area contributed by atoms with Gasteiger partial charge in [-0.25, -0.2) is 0 Å². The van der Waals surface area contributed by atoms with Crippen LogP contribution in [0.5, 0.6) is 0 Å². The Labute approximate surface area is 87.1 Å². The van der Waals surface area contributed by atoms with Crippen molar-refractivity contribution in [1.29, 1.82) is 5.26 Å². The summed E-state index contributed by atoms with van der Waals surface area (Å²) in [5.74, 6) is 5.41. The molecule has 0 aliphatic carbocycles. The van der Waals surface area contributed by atoms with Gasteiger partial charge in [0, 0.05) is 5.56 Å². The van der Waals surface area contributed by atoms with E-state index in [1.54, 1.807) is 18.2 Å². The third kappa shape index (κ3) is 2.62. The van der Waals surface area contributed by atoms with E-state index in [1.807, 2.05) is 6.07 Å². The van der Waals surface area contributed by atoms with Crippen molar-refractivity contribution in [1.82, 2.24) is 0 Å². The second-order valence-electron chi connectivity index (χ2n) is 2.48. The lowest BCUT2D eigenvalue weighted by Gasteiger charge is -1.94. The van der Waals surface area contributed by atoms with Gasteiger partial charge in [0.15, 0.2) is 0 Å². The van der Waals surface area contributed by atoms with Crippen LogP contribution < -0.4 is 0 Å². The molecular weight excluding hydrogens is 198 g/mol. The molecule has 1 aromatic carbocycles. The number of benzene rings is 1. The van der Waals surface area contributed by atoms with Crippen LogP contribution in [0.2, 0.25) is 5.02 Å². The van der Waals surface area contributed by atoms with Crippen LogP contribution in [-0.2, 0) is 4.79 Å². The van der Waals surface area contributed by atoms with Gasteiger partial charge in [-0.15, -0.1) is 0 Å². The number of hydrogen-bond acceptors (Lipinski definition) is 2. The number of carbonyl (C=O) groups excluding carboxylic acids is 1. The highest BCUT2D eigenvalue weighted by Crippen LogP contribution is 2.15. The molecule has 2 nitrogen and oxygen atoms in total. The standard InChI is InChI=1S/C11H6ClNO/c12-11-5-4-9(3-1-2-6-14)7-10(11)8-13/h4-7H,2H2. The van der Waals surface area contributed by atoms with E-state index in [4.69, 9.17) is 16.9 Å². The normalized spacial score (nSPS) is 8.29. The van der Waals surface area contributed by atoms with Crippen molar-refractivity contribution in [2.45, 2.75) is 6.42 Å². The van der Waals surface area contributed by atoms with Crippen molar-refractivity contribution in [2.75, 3.05) is 0 Å². The first kappa shape index (κ1) is 10.3. The molecule has 0 saturated carbocycles. The molecular formula is C11H6ClNO. The number of nitriles is 1. The van der Waals surface area contributed by atoms with Gasteiger partial charge in [0.1, 0.15) is 12.4 Å². The Hall–Kier alpha value is -1.77. The van der Waals surface area contributed by atoms with E-state index >= 15 is 0 Å². The summed E-state index contributed by atoms with van der Waals surface area (Å²) in [7, 11) is 0. The summed E-state index contributed by atoms with van der Waals surface area (Å²) < 4.78 is 0. The molecule has 3 heteroatoms. The molecule has 1 rings (SSSR count). The Morgan fingerprint density at radius 1 is 1.50 bits per heavy atom. The maximum absolute atomic E-state index is 10.00. The Morgan fingerprint density at radius 3 is 2.93 bits per heavy atom. The highest BCUT2D eigenvalue weighted by molar-refractivity contribution is 6.31. The second-order valence-corrected chi connectivity index (χ2v) is 2.89. The molecule has 0 spiro atoms. The van der Waals surface area contributed by atoms with E-state index in [-0.39, 0.29) is 6.42 Å². The van der Waals surface area contributed by atoms with Crippen molar-refractivity contribution >= 4 is 17.9 Å². The molecule has 68 valence electrons. The molecule has 0 aliphatic rings. The van der Waals surface area contributed by atoms with Gasteiger partial charge in [-0.1, -0.05) is 23.4 Å². The molecule has 0 atom stereocenters. The van der Waals surface area contributed by atoms with E-state index < -0.39 is 0 Å². The number of hydrogen-bond donors (Lipinski definition) is 0. The summed E-state index contributed by atoms with van der Waals surface area (Å²) in [5.41, 5.74) is 1.08. The smallest absolute Gasteiger partial charge is 0.131 e. The van der Waals surface area contributed by atoms with Gasteiger partial charge in [0.25, 0.3) is 0 Å². The highest BCUT2D eigenvalue weighted by atomic mass is 35.5. The van der Waals surface area contributed by atoms with Gasteiger partial charge < -0.3 is 4.79 Å². The first-order chi connectivity index (χ1) is 6.77. The largest absolute Gasteiger partial charge is 0.302 e. The third-order valence-corrected chi connectivity index (χ3v) is 1.83. The van der Waals surface area contributed by atoms with Crippen LogP contribution in [0.4, 0.5) is 0 Å². The SMILES string of the molecule is N#Cc1cc(C#CCC=O)ccc1Cl. The summed E-state index contributed by atoms with van der Waals surface area (Å²) >= 11 is 5.73. The Bertz CT molecular complexity index is 449. The number of nitrogens with zero attached hydrogens (tertiary/aromatic N) is 1. The van der Waals surface area contributed by atoms with Crippen LogP contribution in [-0.4, -0.2) is 6.29 Å². The van der Waals surface area contributed by atoms with Gasteiger partial charge in [-0.05, 0) is 18.2 Å². The Morgan fingerprint density at radius 2 is 2.29 bits per heavy atom. The van der Waals surface area contributed by atoms with E-state index in [0.717, 1.165) is 6.29 Å². The highest BCUT2D eigenvalue weighted by Gasteiger charge is 1.98. The molecule has 0 amide bonds. The zero-order valence-corrected chi connectivity index (χ0v) is 8.01.